The normalized spacial score (nSPS) is 13.7. The number of alkyl halides is 1. The molecule has 7 heavy (non-hydrogen) atoms. The van der Waals surface area contributed by atoms with E-state index in [9.17, 15) is 0 Å². The van der Waals surface area contributed by atoms with Crippen LogP contribution < -0.4 is 0 Å². The van der Waals surface area contributed by atoms with Gasteiger partial charge in [0.05, 0.1) is 8.07 Å². The maximum atomic E-state index is 5.49. The first kappa shape index (κ1) is 8.53. The smallest absolute Gasteiger partial charge is 0.0866 e. The molecule has 0 spiro atoms. The van der Waals surface area contributed by atoms with Crippen molar-refractivity contribution in [1.29, 1.82) is 0 Å². The van der Waals surface area contributed by atoms with Gasteiger partial charge in [-0.25, -0.2) is 0 Å². The zero-order chi connectivity index (χ0) is 5.86. The van der Waals surface area contributed by atoms with Crippen LogP contribution in [-0.4, -0.2) is 5.33 Å². The molecule has 0 fully saturated rings. The van der Waals surface area contributed by atoms with Gasteiger partial charge in [0.15, 0.2) is 0 Å². The van der Waals surface area contributed by atoms with Crippen LogP contribution in [0.15, 0.2) is 8.07 Å². The molecule has 4 heteroatoms. The van der Waals surface area contributed by atoms with Gasteiger partial charge in [-0.05, 0) is 22.6 Å². The van der Waals surface area contributed by atoms with E-state index in [2.05, 4.69) is 15.9 Å². The molecule has 0 N–H and O–H groups in total. The van der Waals surface area contributed by atoms with E-state index in [1.54, 1.807) is 0 Å². The molecule has 0 bridgehead atoms. The molecule has 0 aromatic carbocycles. The number of rotatable bonds is 1. The summed E-state index contributed by atoms with van der Waals surface area (Å²) < 4.78 is 0.621. The largest absolute Gasteiger partial charge is 0.0942 e. The average molecular weight is 316 g/mol. The van der Waals surface area contributed by atoms with Gasteiger partial charge < -0.3 is 0 Å². The summed E-state index contributed by atoms with van der Waals surface area (Å²) in [5.74, 6) is 0. The van der Waals surface area contributed by atoms with Crippen molar-refractivity contribution in [2.45, 2.75) is 0 Å². The highest BCUT2D eigenvalue weighted by Gasteiger charge is 1.91. The molecule has 0 aliphatic carbocycles. The van der Waals surface area contributed by atoms with Crippen molar-refractivity contribution in [3.8, 4) is 0 Å². The first-order valence-electron chi connectivity index (χ1n) is 1.44. The highest BCUT2D eigenvalue weighted by Crippen LogP contribution is 2.21. The fourth-order valence-electron chi connectivity index (χ4n) is 0.0505. The standard InChI is InChI=1S/C3H2BrCl2I/c4-1-2(5)3(6)7/h1H2. The van der Waals surface area contributed by atoms with E-state index in [-0.39, 0.29) is 0 Å². The summed E-state index contributed by atoms with van der Waals surface area (Å²) in [5.41, 5.74) is 0. The van der Waals surface area contributed by atoms with Crippen molar-refractivity contribution >= 4 is 61.7 Å². The van der Waals surface area contributed by atoms with Gasteiger partial charge >= 0.3 is 0 Å². The third kappa shape index (κ3) is 4.06. The molecule has 0 aromatic heterocycles. The SMILES string of the molecule is ClC(I)=C(Cl)CBr. The summed E-state index contributed by atoms with van der Waals surface area (Å²) in [4.78, 5) is 0. The van der Waals surface area contributed by atoms with Crippen LogP contribution in [0.5, 0.6) is 0 Å². The Morgan fingerprint density at radius 3 is 2.00 bits per heavy atom. The maximum absolute atomic E-state index is 5.49. The van der Waals surface area contributed by atoms with Crippen LogP contribution in [0, 0.1) is 0 Å². The Hall–Kier alpha value is 1.53. The Balaban J connectivity index is 3.72. The topological polar surface area (TPSA) is 0 Å². The predicted molar refractivity (Wildman–Crippen MR) is 46.5 cm³/mol. The van der Waals surface area contributed by atoms with E-state index in [1.807, 2.05) is 22.6 Å². The van der Waals surface area contributed by atoms with Gasteiger partial charge in [0, 0.05) is 5.33 Å². The van der Waals surface area contributed by atoms with Crippen molar-refractivity contribution in [2.24, 2.45) is 0 Å². The van der Waals surface area contributed by atoms with E-state index in [0.717, 1.165) is 0 Å². The zero-order valence-electron chi connectivity index (χ0n) is 3.22. The molecule has 0 unspecified atom stereocenters. The minimum atomic E-state index is 0.621. The first-order chi connectivity index (χ1) is 3.18. The minimum Gasteiger partial charge on any atom is -0.0866 e. The molecule has 0 nitrogen and oxygen atoms in total. The minimum absolute atomic E-state index is 0.621. The van der Waals surface area contributed by atoms with Crippen LogP contribution in [0.1, 0.15) is 0 Å². The van der Waals surface area contributed by atoms with Crippen molar-refractivity contribution in [3.05, 3.63) is 8.07 Å². The summed E-state index contributed by atoms with van der Waals surface area (Å²) in [6.07, 6.45) is 0. The lowest BCUT2D eigenvalue weighted by Crippen LogP contribution is -1.68. The molecule has 0 rings (SSSR count). The molecule has 0 atom stereocenters. The van der Waals surface area contributed by atoms with Gasteiger partial charge in [0.2, 0.25) is 0 Å². The molecule has 0 saturated heterocycles. The molecule has 42 valence electrons. The van der Waals surface area contributed by atoms with Crippen LogP contribution in [0.4, 0.5) is 0 Å². The predicted octanol–water partition coefficient (Wildman–Crippen LogP) is 3.46. The van der Waals surface area contributed by atoms with Crippen molar-refractivity contribution in [1.82, 2.24) is 0 Å². The Morgan fingerprint density at radius 2 is 2.00 bits per heavy atom. The molecular weight excluding hydrogens is 314 g/mol. The molecule has 0 aromatic rings. The Labute approximate surface area is 74.5 Å². The van der Waals surface area contributed by atoms with Gasteiger partial charge in [0.1, 0.15) is 0 Å². The monoisotopic (exact) mass is 314 g/mol. The van der Waals surface area contributed by atoms with E-state index >= 15 is 0 Å². The third-order valence-corrected chi connectivity index (χ3v) is 2.82. The van der Waals surface area contributed by atoms with Crippen LogP contribution in [0.2, 0.25) is 0 Å². The lowest BCUT2D eigenvalue weighted by atomic mass is 10.8. The highest BCUT2D eigenvalue weighted by atomic mass is 127. The van der Waals surface area contributed by atoms with E-state index in [1.165, 1.54) is 0 Å². The van der Waals surface area contributed by atoms with E-state index in [4.69, 9.17) is 23.2 Å². The number of hydrogen-bond acceptors (Lipinski definition) is 0. The van der Waals surface area contributed by atoms with Gasteiger partial charge in [0.25, 0.3) is 0 Å². The van der Waals surface area contributed by atoms with Crippen LogP contribution in [-0.2, 0) is 0 Å². The molecule has 0 radical (unpaired) electrons. The molecular formula is C3H2BrCl2I. The highest BCUT2D eigenvalue weighted by molar-refractivity contribution is 14.1. The van der Waals surface area contributed by atoms with Gasteiger partial charge in [-0.3, -0.25) is 0 Å². The van der Waals surface area contributed by atoms with Gasteiger partial charge in [-0.2, -0.15) is 0 Å². The summed E-state index contributed by atoms with van der Waals surface area (Å²) in [6, 6.07) is 0. The fraction of sp³-hybridized carbons (Fsp3) is 0.333. The molecule has 0 aliphatic heterocycles. The molecule has 0 heterocycles. The zero-order valence-corrected chi connectivity index (χ0v) is 8.47. The Kier molecular flexibility index (Phi) is 5.38. The lowest BCUT2D eigenvalue weighted by molar-refractivity contribution is 1.76. The van der Waals surface area contributed by atoms with E-state index in [0.29, 0.717) is 13.4 Å². The maximum Gasteiger partial charge on any atom is 0.0942 e. The number of halogens is 4. The second-order valence-electron chi connectivity index (χ2n) is 0.799. The van der Waals surface area contributed by atoms with Gasteiger partial charge in [-0.15, -0.1) is 0 Å². The molecule has 0 amide bonds. The van der Waals surface area contributed by atoms with Crippen molar-refractivity contribution in [3.63, 3.8) is 0 Å². The average Bonchev–Trinajstić information content (AvgIpc) is 1.65. The van der Waals surface area contributed by atoms with Crippen molar-refractivity contribution in [2.75, 3.05) is 5.33 Å². The summed E-state index contributed by atoms with van der Waals surface area (Å²) in [6.45, 7) is 0. The van der Waals surface area contributed by atoms with Crippen LogP contribution in [0.3, 0.4) is 0 Å². The lowest BCUT2D eigenvalue weighted by Gasteiger charge is -1.86. The second-order valence-corrected chi connectivity index (χ2v) is 3.91. The third-order valence-electron chi connectivity index (χ3n) is 0.322. The quantitative estimate of drug-likeness (QED) is 0.513. The molecule has 0 saturated carbocycles. The Bertz CT molecular complexity index is 86.9. The second kappa shape index (κ2) is 4.41. The number of allylic oxidation sites excluding steroid dienone is 1. The van der Waals surface area contributed by atoms with E-state index < -0.39 is 0 Å². The fourth-order valence-corrected chi connectivity index (χ4v) is 1.27. The molecule has 0 aliphatic rings. The summed E-state index contributed by atoms with van der Waals surface area (Å²) in [5, 5.41) is 1.29. The van der Waals surface area contributed by atoms with Crippen molar-refractivity contribution < 1.29 is 0 Å². The number of hydrogen-bond donors (Lipinski definition) is 0. The Morgan fingerprint density at radius 1 is 1.57 bits per heavy atom. The van der Waals surface area contributed by atoms with Gasteiger partial charge in [-0.1, -0.05) is 39.1 Å². The van der Waals surface area contributed by atoms with Crippen LogP contribution >= 0.6 is 61.7 Å². The van der Waals surface area contributed by atoms with Crippen LogP contribution in [0.25, 0.3) is 0 Å². The summed E-state index contributed by atoms with van der Waals surface area (Å²) in [7, 11) is 0. The first-order valence-corrected chi connectivity index (χ1v) is 4.39. The summed E-state index contributed by atoms with van der Waals surface area (Å²) >= 11 is 16.0.